The molecular weight excluding hydrogens is 436 g/mol. The SMILES string of the molecule is C#Cc1ccc(NC(=O)NCCCCC(NC(=O)NC(CCC(=O)O)C(=O)O)C(=O)O)cc1. The van der Waals surface area contributed by atoms with Crippen LogP contribution in [-0.4, -0.2) is 63.9 Å². The number of carbonyl (C=O) groups excluding carboxylic acids is 2. The van der Waals surface area contributed by atoms with E-state index < -0.39 is 48.5 Å². The first-order valence-electron chi connectivity index (χ1n) is 9.98. The molecule has 0 heterocycles. The molecule has 2 atom stereocenters. The van der Waals surface area contributed by atoms with Crippen LogP contribution in [0.25, 0.3) is 0 Å². The third kappa shape index (κ3) is 11.1. The highest BCUT2D eigenvalue weighted by Gasteiger charge is 2.24. The molecule has 1 rings (SSSR count). The highest BCUT2D eigenvalue weighted by atomic mass is 16.4. The van der Waals surface area contributed by atoms with Crippen molar-refractivity contribution in [3.05, 3.63) is 29.8 Å². The van der Waals surface area contributed by atoms with Gasteiger partial charge in [0.25, 0.3) is 0 Å². The smallest absolute Gasteiger partial charge is 0.326 e. The minimum atomic E-state index is -1.47. The molecule has 33 heavy (non-hydrogen) atoms. The van der Waals surface area contributed by atoms with Crippen molar-refractivity contribution in [1.82, 2.24) is 16.0 Å². The van der Waals surface area contributed by atoms with Crippen molar-refractivity contribution in [2.45, 2.75) is 44.2 Å². The quantitative estimate of drug-likeness (QED) is 0.167. The number of nitrogens with one attached hydrogen (secondary N) is 4. The lowest BCUT2D eigenvalue weighted by molar-refractivity contribution is -0.140. The predicted octanol–water partition coefficient (Wildman–Crippen LogP) is 1.03. The fraction of sp³-hybridized carbons (Fsp3) is 0.381. The Hall–Kier alpha value is -4.27. The van der Waals surface area contributed by atoms with Gasteiger partial charge in [0, 0.05) is 24.2 Å². The molecule has 0 saturated carbocycles. The van der Waals surface area contributed by atoms with E-state index in [1.165, 1.54) is 0 Å². The number of urea groups is 2. The van der Waals surface area contributed by atoms with Crippen molar-refractivity contribution in [2.24, 2.45) is 0 Å². The Labute approximate surface area is 189 Å². The van der Waals surface area contributed by atoms with Crippen LogP contribution in [0, 0.1) is 12.3 Å². The van der Waals surface area contributed by atoms with Gasteiger partial charge in [-0.05, 0) is 49.9 Å². The Bertz CT molecular complexity index is 895. The molecule has 0 fully saturated rings. The van der Waals surface area contributed by atoms with Crippen molar-refractivity contribution < 1.29 is 39.3 Å². The van der Waals surface area contributed by atoms with Gasteiger partial charge < -0.3 is 36.6 Å². The summed E-state index contributed by atoms with van der Waals surface area (Å²) in [5.74, 6) is -1.52. The molecule has 0 radical (unpaired) electrons. The molecule has 4 amide bonds. The number of hydrogen-bond donors (Lipinski definition) is 7. The Morgan fingerprint density at radius 3 is 1.94 bits per heavy atom. The first kappa shape index (κ1) is 26.8. The molecule has 12 heteroatoms. The number of anilines is 1. The highest BCUT2D eigenvalue weighted by molar-refractivity contribution is 5.89. The molecule has 0 spiro atoms. The van der Waals surface area contributed by atoms with Gasteiger partial charge in [0.15, 0.2) is 0 Å². The molecule has 0 aliphatic heterocycles. The average molecular weight is 462 g/mol. The number of hydrogen-bond acceptors (Lipinski definition) is 5. The van der Waals surface area contributed by atoms with Crippen molar-refractivity contribution in [2.75, 3.05) is 11.9 Å². The third-order valence-corrected chi connectivity index (χ3v) is 4.37. The van der Waals surface area contributed by atoms with E-state index in [2.05, 4.69) is 27.2 Å². The number of aliphatic carboxylic acids is 3. The van der Waals surface area contributed by atoms with Gasteiger partial charge in [-0.1, -0.05) is 5.92 Å². The fourth-order valence-corrected chi connectivity index (χ4v) is 2.64. The monoisotopic (exact) mass is 462 g/mol. The number of carboxylic acid groups (broad SMARTS) is 3. The molecule has 2 unspecified atom stereocenters. The second kappa shape index (κ2) is 13.9. The summed E-state index contributed by atoms with van der Waals surface area (Å²) in [6.45, 7) is 0.253. The van der Waals surface area contributed by atoms with Crippen LogP contribution < -0.4 is 21.3 Å². The van der Waals surface area contributed by atoms with Crippen molar-refractivity contribution in [3.8, 4) is 12.3 Å². The van der Waals surface area contributed by atoms with Gasteiger partial charge in [0.05, 0.1) is 0 Å². The maximum absolute atomic E-state index is 11.9. The number of terminal acetylenes is 1. The molecule has 0 aliphatic rings. The lowest BCUT2D eigenvalue weighted by atomic mass is 10.1. The van der Waals surface area contributed by atoms with Crippen LogP contribution in [0.15, 0.2) is 24.3 Å². The molecule has 7 N–H and O–H groups in total. The van der Waals surface area contributed by atoms with Crippen LogP contribution >= 0.6 is 0 Å². The van der Waals surface area contributed by atoms with E-state index in [9.17, 15) is 29.1 Å². The number of rotatable bonds is 13. The van der Waals surface area contributed by atoms with E-state index >= 15 is 0 Å². The predicted molar refractivity (Wildman–Crippen MR) is 117 cm³/mol. The molecule has 0 aromatic heterocycles. The summed E-state index contributed by atoms with van der Waals surface area (Å²) in [7, 11) is 0. The van der Waals surface area contributed by atoms with Gasteiger partial charge >= 0.3 is 30.0 Å². The molecule has 0 aliphatic carbocycles. The first-order valence-corrected chi connectivity index (χ1v) is 9.98. The summed E-state index contributed by atoms with van der Waals surface area (Å²) >= 11 is 0. The van der Waals surface area contributed by atoms with E-state index in [0.717, 1.165) is 0 Å². The van der Waals surface area contributed by atoms with Gasteiger partial charge in [0.1, 0.15) is 12.1 Å². The maximum Gasteiger partial charge on any atom is 0.326 e. The second-order valence-corrected chi connectivity index (χ2v) is 6.93. The standard InChI is InChI=1S/C21H26N4O8/c1-2-13-6-8-14(9-7-13)23-20(32)22-12-4-3-5-15(18(28)29)24-21(33)25-16(19(30)31)10-11-17(26)27/h1,6-9,15-16H,3-5,10-12H2,(H,26,27)(H,28,29)(H,30,31)(H2,22,23,32)(H2,24,25,33). The van der Waals surface area contributed by atoms with Gasteiger partial charge in [0.2, 0.25) is 0 Å². The topological polar surface area (TPSA) is 194 Å². The molecule has 0 bridgehead atoms. The molecule has 178 valence electrons. The molecule has 0 saturated heterocycles. The summed E-state index contributed by atoms with van der Waals surface area (Å²) < 4.78 is 0. The Morgan fingerprint density at radius 2 is 1.42 bits per heavy atom. The largest absolute Gasteiger partial charge is 0.481 e. The molecule has 1 aromatic rings. The number of carboxylic acids is 3. The Morgan fingerprint density at radius 1 is 0.848 bits per heavy atom. The number of amides is 4. The summed E-state index contributed by atoms with van der Waals surface area (Å²) in [6, 6.07) is 2.42. The lowest BCUT2D eigenvalue weighted by Crippen LogP contribution is -2.51. The molecule has 1 aromatic carbocycles. The van der Waals surface area contributed by atoms with E-state index in [1.54, 1.807) is 24.3 Å². The van der Waals surface area contributed by atoms with Crippen LogP contribution in [0.5, 0.6) is 0 Å². The van der Waals surface area contributed by atoms with E-state index in [-0.39, 0.29) is 19.4 Å². The lowest BCUT2D eigenvalue weighted by Gasteiger charge is -2.18. The number of benzene rings is 1. The van der Waals surface area contributed by atoms with Crippen LogP contribution in [0.2, 0.25) is 0 Å². The van der Waals surface area contributed by atoms with Crippen LogP contribution in [0.1, 0.15) is 37.7 Å². The van der Waals surface area contributed by atoms with Gasteiger partial charge in [-0.15, -0.1) is 6.42 Å². The number of unbranched alkanes of at least 4 members (excludes halogenated alkanes) is 1. The van der Waals surface area contributed by atoms with Crippen molar-refractivity contribution in [3.63, 3.8) is 0 Å². The first-order chi connectivity index (χ1) is 15.6. The van der Waals surface area contributed by atoms with Crippen LogP contribution in [0.4, 0.5) is 15.3 Å². The van der Waals surface area contributed by atoms with Crippen LogP contribution in [0.3, 0.4) is 0 Å². The normalized spacial score (nSPS) is 11.8. The zero-order valence-electron chi connectivity index (χ0n) is 17.7. The van der Waals surface area contributed by atoms with Gasteiger partial charge in [-0.2, -0.15) is 0 Å². The van der Waals surface area contributed by atoms with E-state index in [4.69, 9.17) is 16.6 Å². The van der Waals surface area contributed by atoms with Crippen molar-refractivity contribution in [1.29, 1.82) is 0 Å². The zero-order chi connectivity index (χ0) is 24.8. The van der Waals surface area contributed by atoms with Gasteiger partial charge in [-0.25, -0.2) is 19.2 Å². The zero-order valence-corrected chi connectivity index (χ0v) is 17.7. The fourth-order valence-electron chi connectivity index (χ4n) is 2.64. The van der Waals surface area contributed by atoms with E-state index in [0.29, 0.717) is 24.1 Å². The summed E-state index contributed by atoms with van der Waals surface area (Å²) in [5, 5.41) is 36.4. The minimum absolute atomic E-state index is 0.0342. The maximum atomic E-state index is 11.9. The Balaban J connectivity index is 2.37. The molecular formula is C21H26N4O8. The average Bonchev–Trinajstić information content (AvgIpc) is 2.75. The van der Waals surface area contributed by atoms with E-state index in [1.807, 2.05) is 0 Å². The minimum Gasteiger partial charge on any atom is -0.481 e. The highest BCUT2D eigenvalue weighted by Crippen LogP contribution is 2.08. The summed E-state index contributed by atoms with van der Waals surface area (Å²) in [4.78, 5) is 56.8. The second-order valence-electron chi connectivity index (χ2n) is 6.93. The van der Waals surface area contributed by atoms with Crippen molar-refractivity contribution >= 4 is 35.7 Å². The Kier molecular flexibility index (Phi) is 11.3. The number of carbonyl (C=O) groups is 5. The van der Waals surface area contributed by atoms with Gasteiger partial charge in [-0.3, -0.25) is 4.79 Å². The summed E-state index contributed by atoms with van der Waals surface area (Å²) in [5.41, 5.74) is 1.23. The van der Waals surface area contributed by atoms with Crippen LogP contribution in [-0.2, 0) is 14.4 Å². The third-order valence-electron chi connectivity index (χ3n) is 4.37. The summed E-state index contributed by atoms with van der Waals surface area (Å²) in [6.07, 6.45) is 5.24. The molecule has 12 nitrogen and oxygen atoms in total.